The molecule has 0 aliphatic rings. The molecule has 0 fully saturated rings. The lowest BCUT2D eigenvalue weighted by atomic mass is 10.1. The van der Waals surface area contributed by atoms with Crippen LogP contribution in [0.25, 0.3) is 5.69 Å². The first kappa shape index (κ1) is 25.8. The van der Waals surface area contributed by atoms with Crippen molar-refractivity contribution >= 4 is 17.8 Å². The Morgan fingerprint density at radius 1 is 0.658 bits per heavy atom. The number of para-hydroxylation sites is 1. The molecule has 1 aromatic heterocycles. The average molecular weight is 521 g/mol. The fraction of sp³-hybridized carbons (Fsp3) is 0.182. The van der Waals surface area contributed by atoms with Crippen molar-refractivity contribution in [3.63, 3.8) is 0 Å². The summed E-state index contributed by atoms with van der Waals surface area (Å²) in [6.45, 7) is 10.0. The zero-order valence-electron chi connectivity index (χ0n) is 22.5. The second kappa shape index (κ2) is 10.1. The van der Waals surface area contributed by atoms with Gasteiger partial charge in [0.25, 0.3) is 5.56 Å². The van der Waals surface area contributed by atoms with E-state index in [9.17, 15) is 4.79 Å². The normalized spacial score (nSPS) is 12.4. The summed E-state index contributed by atoms with van der Waals surface area (Å²) in [6.07, 6.45) is 0. The third-order valence-electron chi connectivity index (χ3n) is 7.06. The lowest BCUT2D eigenvalue weighted by molar-refractivity contribution is 0.582. The van der Waals surface area contributed by atoms with Crippen LogP contribution in [0.15, 0.2) is 102 Å². The maximum atomic E-state index is 16.0. The van der Waals surface area contributed by atoms with Gasteiger partial charge < -0.3 is 4.57 Å². The number of nitrogens with zero attached hydrogens (tertiary/aromatic N) is 1. The van der Waals surface area contributed by atoms with Crippen LogP contribution >= 0.6 is 7.14 Å². The fourth-order valence-corrected chi connectivity index (χ4v) is 9.30. The van der Waals surface area contributed by atoms with Crippen LogP contribution in [0.4, 0.5) is 0 Å². The number of nitrogens with one attached hydrogen (secondary N) is 1. The molecule has 0 saturated heterocycles. The first-order valence-corrected chi connectivity index (χ1v) is 14.7. The molecule has 192 valence electrons. The molecule has 5 rings (SSSR count). The van der Waals surface area contributed by atoms with Crippen LogP contribution in [-0.4, -0.2) is 9.78 Å². The first-order chi connectivity index (χ1) is 18.2. The maximum absolute atomic E-state index is 16.0. The molecule has 4 aromatic carbocycles. The molecule has 0 aliphatic carbocycles. The lowest BCUT2D eigenvalue weighted by Gasteiger charge is -2.30. The van der Waals surface area contributed by atoms with Crippen molar-refractivity contribution in [1.82, 2.24) is 9.78 Å². The van der Waals surface area contributed by atoms with E-state index in [1.165, 1.54) is 0 Å². The van der Waals surface area contributed by atoms with Gasteiger partial charge in [0.1, 0.15) is 0 Å². The fourth-order valence-electron chi connectivity index (χ4n) is 5.57. The van der Waals surface area contributed by atoms with E-state index in [4.69, 9.17) is 0 Å². The van der Waals surface area contributed by atoms with Crippen LogP contribution in [0, 0.1) is 34.6 Å². The van der Waals surface area contributed by atoms with Crippen molar-refractivity contribution in [3.8, 4) is 5.69 Å². The van der Waals surface area contributed by atoms with Crippen LogP contribution in [-0.2, 0) is 4.57 Å². The molecule has 4 nitrogen and oxygen atoms in total. The molecule has 0 bridgehead atoms. The van der Waals surface area contributed by atoms with E-state index in [0.717, 1.165) is 44.1 Å². The minimum atomic E-state index is -3.45. The predicted molar refractivity (Wildman–Crippen MR) is 158 cm³/mol. The van der Waals surface area contributed by atoms with Crippen LogP contribution in [0.3, 0.4) is 0 Å². The zero-order chi connectivity index (χ0) is 27.0. The van der Waals surface area contributed by atoms with Gasteiger partial charge in [-0.2, -0.15) is 0 Å². The molecule has 38 heavy (non-hydrogen) atoms. The van der Waals surface area contributed by atoms with Crippen molar-refractivity contribution in [2.45, 2.75) is 40.3 Å². The van der Waals surface area contributed by atoms with Gasteiger partial charge in [0.05, 0.1) is 16.9 Å². The summed E-state index contributed by atoms with van der Waals surface area (Å²) in [5, 5.41) is 4.81. The minimum absolute atomic E-state index is 0.184. The van der Waals surface area contributed by atoms with E-state index in [2.05, 4.69) is 17.2 Å². The summed E-state index contributed by atoms with van der Waals surface area (Å²) in [7, 11) is -3.45. The molecule has 0 saturated carbocycles. The highest BCUT2D eigenvalue weighted by Crippen LogP contribution is 2.60. The van der Waals surface area contributed by atoms with Gasteiger partial charge in [0.2, 0.25) is 0 Å². The molecule has 1 unspecified atom stereocenters. The van der Waals surface area contributed by atoms with Gasteiger partial charge in [-0.3, -0.25) is 9.89 Å². The minimum Gasteiger partial charge on any atom is -0.313 e. The Kier molecular flexibility index (Phi) is 6.86. The monoisotopic (exact) mass is 520 g/mol. The van der Waals surface area contributed by atoms with E-state index in [-0.39, 0.29) is 5.56 Å². The highest BCUT2D eigenvalue weighted by molar-refractivity contribution is 7.79. The van der Waals surface area contributed by atoms with Crippen LogP contribution in [0.2, 0.25) is 0 Å². The smallest absolute Gasteiger partial charge is 0.275 e. The lowest BCUT2D eigenvalue weighted by Crippen LogP contribution is -2.27. The van der Waals surface area contributed by atoms with Crippen molar-refractivity contribution in [2.75, 3.05) is 0 Å². The van der Waals surface area contributed by atoms with Crippen molar-refractivity contribution in [3.05, 3.63) is 146 Å². The Balaban J connectivity index is 1.90. The predicted octanol–water partition coefficient (Wildman–Crippen LogP) is 6.81. The summed E-state index contributed by atoms with van der Waals surface area (Å²) < 4.78 is 17.6. The average Bonchev–Trinajstić information content (AvgIpc) is 3.17. The number of H-pyrrole nitrogens is 1. The number of aromatic nitrogens is 2. The van der Waals surface area contributed by atoms with E-state index in [1.54, 1.807) is 4.68 Å². The zero-order valence-corrected chi connectivity index (χ0v) is 23.4. The summed E-state index contributed by atoms with van der Waals surface area (Å²) in [4.78, 5) is 14.2. The molecule has 1 N–H and O–H groups in total. The molecule has 0 radical (unpaired) electrons. The van der Waals surface area contributed by atoms with Gasteiger partial charge in [0.15, 0.2) is 7.14 Å². The summed E-state index contributed by atoms with van der Waals surface area (Å²) >= 11 is 0. The van der Waals surface area contributed by atoms with Crippen molar-refractivity contribution < 1.29 is 4.57 Å². The molecule has 5 heteroatoms. The Labute approximate surface area is 224 Å². The first-order valence-electron chi connectivity index (χ1n) is 12.9. The van der Waals surface area contributed by atoms with E-state index in [1.807, 2.05) is 120 Å². The summed E-state index contributed by atoms with van der Waals surface area (Å²) in [5.74, 6) is 0. The van der Waals surface area contributed by atoms with Crippen molar-refractivity contribution in [1.29, 1.82) is 0 Å². The largest absolute Gasteiger partial charge is 0.313 e. The highest BCUT2D eigenvalue weighted by atomic mass is 31.2. The molecule has 0 amide bonds. The van der Waals surface area contributed by atoms with Gasteiger partial charge >= 0.3 is 0 Å². The van der Waals surface area contributed by atoms with E-state index in [0.29, 0.717) is 11.3 Å². The number of aryl methyl sites for hydroxylation is 5. The van der Waals surface area contributed by atoms with Crippen LogP contribution in [0.1, 0.15) is 44.7 Å². The standard InChI is InChI=1S/C33H33N2O2P/c1-22-16-23(2)19-29(18-22)38(37,30-20-24(3)17-25(4)21-30)32(27-12-8-6-9-13-27)31-26(5)34-35(33(31)36)28-14-10-7-11-15-28/h6-21,32,34H,1-5H3. The number of rotatable bonds is 6. The Bertz CT molecular complexity index is 1620. The molecular weight excluding hydrogens is 487 g/mol. The quantitative estimate of drug-likeness (QED) is 0.250. The molecule has 5 aromatic rings. The van der Waals surface area contributed by atoms with Crippen molar-refractivity contribution in [2.24, 2.45) is 0 Å². The molecule has 0 aliphatic heterocycles. The number of hydrogen-bond donors (Lipinski definition) is 1. The molecule has 0 spiro atoms. The number of hydrogen-bond acceptors (Lipinski definition) is 2. The highest BCUT2D eigenvalue weighted by Gasteiger charge is 2.42. The summed E-state index contributed by atoms with van der Waals surface area (Å²) in [5.41, 5.74) is 6.17. The molecule has 1 atom stereocenters. The molecular formula is C33H33N2O2P. The second-order valence-electron chi connectivity index (χ2n) is 10.3. The van der Waals surface area contributed by atoms with E-state index >= 15 is 4.57 Å². The number of benzene rings is 4. The Hall–Kier alpha value is -3.88. The maximum Gasteiger partial charge on any atom is 0.275 e. The second-order valence-corrected chi connectivity index (χ2v) is 13.2. The van der Waals surface area contributed by atoms with Gasteiger partial charge in [-0.15, -0.1) is 0 Å². The van der Waals surface area contributed by atoms with Gasteiger partial charge in [-0.25, -0.2) is 4.68 Å². The van der Waals surface area contributed by atoms with Gasteiger partial charge in [0, 0.05) is 16.3 Å². The topological polar surface area (TPSA) is 54.9 Å². The summed E-state index contributed by atoms with van der Waals surface area (Å²) in [6, 6.07) is 31.6. The van der Waals surface area contributed by atoms with Gasteiger partial charge in [-0.1, -0.05) is 82.9 Å². The van der Waals surface area contributed by atoms with Gasteiger partial charge in [-0.05, 0) is 76.6 Å². The molecule has 1 heterocycles. The number of aromatic amines is 1. The third kappa shape index (κ3) is 4.61. The Morgan fingerprint density at radius 3 is 1.58 bits per heavy atom. The van der Waals surface area contributed by atoms with E-state index < -0.39 is 12.8 Å². The SMILES string of the molecule is Cc1cc(C)cc(P(=O)(c2cc(C)cc(C)c2)C(c2ccccc2)c2c(C)[nH]n(-c3ccccc3)c2=O)c1. The van der Waals surface area contributed by atoms with Crippen LogP contribution in [0.5, 0.6) is 0 Å². The third-order valence-corrected chi connectivity index (χ3v) is 10.4. The van der Waals surface area contributed by atoms with Crippen LogP contribution < -0.4 is 16.2 Å². The Morgan fingerprint density at radius 2 is 1.11 bits per heavy atom.